The maximum atomic E-state index is 11.7. The molecule has 3 N–H and O–H groups in total. The summed E-state index contributed by atoms with van der Waals surface area (Å²) in [7, 11) is 0. The van der Waals surface area contributed by atoms with Gasteiger partial charge in [-0.05, 0) is 12.1 Å². The second kappa shape index (κ2) is 7.70. The molecule has 1 rings (SSSR count). The first-order valence-electron chi connectivity index (χ1n) is 5.40. The molecule has 0 aliphatic rings. The third-order valence-electron chi connectivity index (χ3n) is 2.06. The lowest BCUT2D eigenvalue weighted by molar-refractivity contribution is 0.0188. The van der Waals surface area contributed by atoms with Gasteiger partial charge in [-0.25, -0.2) is 8.78 Å². The quantitative estimate of drug-likeness (QED) is 0.571. The molecule has 8 heteroatoms. The molecule has 0 aliphatic carbocycles. The van der Waals surface area contributed by atoms with Crippen LogP contribution < -0.4 is 11.1 Å². The highest BCUT2D eigenvalue weighted by molar-refractivity contribution is 7.80. The van der Waals surface area contributed by atoms with E-state index in [1.807, 2.05) is 0 Å². The molecule has 0 aromatic carbocycles. The summed E-state index contributed by atoms with van der Waals surface area (Å²) < 4.78 is 28.1. The maximum Gasteiger partial charge on any atom is 0.269 e. The van der Waals surface area contributed by atoms with Gasteiger partial charge in [0.2, 0.25) is 0 Å². The van der Waals surface area contributed by atoms with E-state index < -0.39 is 18.9 Å². The molecule has 1 heterocycles. The van der Waals surface area contributed by atoms with Crippen molar-refractivity contribution >= 4 is 23.1 Å². The summed E-state index contributed by atoms with van der Waals surface area (Å²) in [5.41, 5.74) is 6.14. The second-order valence-corrected chi connectivity index (χ2v) is 3.96. The minimum absolute atomic E-state index is 0.0149. The molecule has 1 aromatic rings. The minimum Gasteiger partial charge on any atom is -0.389 e. The van der Waals surface area contributed by atoms with Gasteiger partial charge in [-0.2, -0.15) is 0 Å². The number of ether oxygens (including phenoxy) is 1. The Morgan fingerprint density at radius 1 is 1.53 bits per heavy atom. The van der Waals surface area contributed by atoms with Crippen LogP contribution in [0.25, 0.3) is 0 Å². The number of nitrogens with one attached hydrogen (secondary N) is 1. The molecule has 0 spiro atoms. The molecule has 0 fully saturated rings. The summed E-state index contributed by atoms with van der Waals surface area (Å²) in [6.45, 7) is -0.498. The first-order valence-corrected chi connectivity index (χ1v) is 5.81. The number of thiocarbonyl (C=S) groups is 1. The Labute approximate surface area is 114 Å². The summed E-state index contributed by atoms with van der Waals surface area (Å²) in [5, 5.41) is 2.49. The van der Waals surface area contributed by atoms with Crippen LogP contribution in [0.1, 0.15) is 16.1 Å². The Bertz CT molecular complexity index is 440. The van der Waals surface area contributed by atoms with Crippen LogP contribution in [0.4, 0.5) is 8.78 Å². The largest absolute Gasteiger partial charge is 0.389 e. The van der Waals surface area contributed by atoms with Crippen LogP contribution in [-0.4, -0.2) is 42.1 Å². The van der Waals surface area contributed by atoms with Gasteiger partial charge in [-0.3, -0.25) is 9.78 Å². The van der Waals surface area contributed by atoms with E-state index in [0.717, 1.165) is 0 Å². The van der Waals surface area contributed by atoms with E-state index >= 15 is 0 Å². The number of alkyl halides is 2. The number of nitrogens with zero attached hydrogens (tertiary/aromatic N) is 1. The first-order chi connectivity index (χ1) is 9.00. The van der Waals surface area contributed by atoms with Crippen LogP contribution in [0.2, 0.25) is 0 Å². The molecule has 0 radical (unpaired) electrons. The molecule has 0 atom stereocenters. The zero-order valence-corrected chi connectivity index (χ0v) is 10.8. The monoisotopic (exact) mass is 289 g/mol. The molecule has 0 bridgehead atoms. The third-order valence-corrected chi connectivity index (χ3v) is 2.29. The molecular weight excluding hydrogens is 276 g/mol. The minimum atomic E-state index is -2.51. The first kappa shape index (κ1) is 15.4. The highest BCUT2D eigenvalue weighted by Gasteiger charge is 2.07. The number of carbonyl (C=O) groups excluding carboxylic acids is 1. The zero-order chi connectivity index (χ0) is 14.3. The standard InChI is InChI=1S/C11H13F2N3O2S/c12-9(13)6-18-4-3-15-11(17)8-2-1-7(5-16-8)10(14)19/h1-2,5,9H,3-4,6H2,(H2,14,19)(H,15,17). The molecule has 104 valence electrons. The van der Waals surface area contributed by atoms with E-state index in [0.29, 0.717) is 5.56 Å². The summed E-state index contributed by atoms with van der Waals surface area (Å²) >= 11 is 4.75. The lowest BCUT2D eigenvalue weighted by Crippen LogP contribution is -2.28. The van der Waals surface area contributed by atoms with Gasteiger partial charge >= 0.3 is 0 Å². The molecule has 0 saturated carbocycles. The Kier molecular flexibility index (Phi) is 6.23. The molecule has 1 amide bonds. The van der Waals surface area contributed by atoms with Crippen LogP contribution in [0, 0.1) is 0 Å². The van der Waals surface area contributed by atoms with Gasteiger partial charge in [0, 0.05) is 18.3 Å². The number of carbonyl (C=O) groups is 1. The lowest BCUT2D eigenvalue weighted by Gasteiger charge is -2.06. The van der Waals surface area contributed by atoms with Crippen LogP contribution in [-0.2, 0) is 4.74 Å². The van der Waals surface area contributed by atoms with Gasteiger partial charge in [-0.15, -0.1) is 0 Å². The molecule has 0 aliphatic heterocycles. The van der Waals surface area contributed by atoms with Crippen molar-refractivity contribution in [1.29, 1.82) is 0 Å². The predicted octanol–water partition coefficient (Wildman–Crippen LogP) is 0.727. The highest BCUT2D eigenvalue weighted by Crippen LogP contribution is 2.00. The number of halogens is 2. The topological polar surface area (TPSA) is 77.2 Å². The summed E-state index contributed by atoms with van der Waals surface area (Å²) in [4.78, 5) is 15.7. The molecule has 5 nitrogen and oxygen atoms in total. The maximum absolute atomic E-state index is 11.7. The average Bonchev–Trinajstić information content (AvgIpc) is 2.37. The van der Waals surface area contributed by atoms with Gasteiger partial charge in [0.05, 0.1) is 6.61 Å². The van der Waals surface area contributed by atoms with Crippen LogP contribution in [0.15, 0.2) is 18.3 Å². The Hall–Kier alpha value is -1.67. The Morgan fingerprint density at radius 2 is 2.26 bits per heavy atom. The van der Waals surface area contributed by atoms with Crippen molar-refractivity contribution in [2.75, 3.05) is 19.8 Å². The fourth-order valence-electron chi connectivity index (χ4n) is 1.17. The summed E-state index contributed by atoms with van der Waals surface area (Å²) in [5.74, 6) is -0.421. The van der Waals surface area contributed by atoms with Crippen LogP contribution >= 0.6 is 12.2 Å². The normalized spacial score (nSPS) is 10.5. The van der Waals surface area contributed by atoms with Gasteiger partial charge in [0.15, 0.2) is 0 Å². The zero-order valence-electron chi connectivity index (χ0n) is 9.94. The SMILES string of the molecule is NC(=S)c1ccc(C(=O)NCCOCC(F)F)nc1. The average molecular weight is 289 g/mol. The van der Waals surface area contributed by atoms with Crippen molar-refractivity contribution in [3.63, 3.8) is 0 Å². The summed E-state index contributed by atoms with van der Waals surface area (Å²) in [6, 6.07) is 3.06. The van der Waals surface area contributed by atoms with E-state index in [-0.39, 0.29) is 23.8 Å². The van der Waals surface area contributed by atoms with Gasteiger partial charge in [-0.1, -0.05) is 12.2 Å². The number of hydrogen-bond acceptors (Lipinski definition) is 4. The number of hydrogen-bond donors (Lipinski definition) is 2. The third kappa shape index (κ3) is 5.66. The molecule has 0 unspecified atom stereocenters. The number of aromatic nitrogens is 1. The van der Waals surface area contributed by atoms with E-state index in [2.05, 4.69) is 15.0 Å². The predicted molar refractivity (Wildman–Crippen MR) is 69.3 cm³/mol. The van der Waals surface area contributed by atoms with Crippen LogP contribution in [0.3, 0.4) is 0 Å². The Balaban J connectivity index is 2.35. The molecule has 1 aromatic heterocycles. The lowest BCUT2D eigenvalue weighted by atomic mass is 10.2. The second-order valence-electron chi connectivity index (χ2n) is 3.52. The molecular formula is C11H13F2N3O2S. The van der Waals surface area contributed by atoms with Crippen molar-refractivity contribution in [3.8, 4) is 0 Å². The molecule has 19 heavy (non-hydrogen) atoms. The number of pyridine rings is 1. The van der Waals surface area contributed by atoms with E-state index in [1.54, 1.807) is 6.07 Å². The van der Waals surface area contributed by atoms with Gasteiger partial charge in [0.1, 0.15) is 17.3 Å². The van der Waals surface area contributed by atoms with Crippen molar-refractivity contribution in [3.05, 3.63) is 29.6 Å². The van der Waals surface area contributed by atoms with Crippen LogP contribution in [0.5, 0.6) is 0 Å². The smallest absolute Gasteiger partial charge is 0.269 e. The number of amides is 1. The summed E-state index contributed by atoms with van der Waals surface area (Å²) in [6.07, 6.45) is -1.12. The fourth-order valence-corrected chi connectivity index (χ4v) is 1.29. The van der Waals surface area contributed by atoms with Crippen molar-refractivity contribution < 1.29 is 18.3 Å². The van der Waals surface area contributed by atoms with Crippen molar-refractivity contribution in [2.45, 2.75) is 6.43 Å². The van der Waals surface area contributed by atoms with E-state index in [1.165, 1.54) is 12.3 Å². The fraction of sp³-hybridized carbons (Fsp3) is 0.364. The van der Waals surface area contributed by atoms with Crippen molar-refractivity contribution in [1.82, 2.24) is 10.3 Å². The molecule has 0 saturated heterocycles. The van der Waals surface area contributed by atoms with E-state index in [4.69, 9.17) is 18.0 Å². The van der Waals surface area contributed by atoms with Crippen molar-refractivity contribution in [2.24, 2.45) is 5.73 Å². The van der Waals surface area contributed by atoms with Gasteiger partial charge in [0.25, 0.3) is 12.3 Å². The number of nitrogens with two attached hydrogens (primary N) is 1. The van der Waals surface area contributed by atoms with E-state index in [9.17, 15) is 13.6 Å². The Morgan fingerprint density at radius 3 is 2.79 bits per heavy atom. The highest BCUT2D eigenvalue weighted by atomic mass is 32.1. The number of rotatable bonds is 7. The van der Waals surface area contributed by atoms with Gasteiger partial charge < -0.3 is 15.8 Å².